The number of H-pyrrole nitrogens is 1. The summed E-state index contributed by atoms with van der Waals surface area (Å²) in [5.41, 5.74) is 0.966. The van der Waals surface area contributed by atoms with Gasteiger partial charge in [-0.1, -0.05) is 0 Å². The van der Waals surface area contributed by atoms with E-state index in [-0.39, 0.29) is 24.9 Å². The van der Waals surface area contributed by atoms with Gasteiger partial charge in [-0.15, -0.1) is 0 Å². The van der Waals surface area contributed by atoms with E-state index in [9.17, 15) is 13.2 Å². The number of halogens is 3. The zero-order valence-corrected chi connectivity index (χ0v) is 10.3. The van der Waals surface area contributed by atoms with Gasteiger partial charge in [0.2, 0.25) is 0 Å². The first kappa shape index (κ1) is 13.4. The molecule has 0 aromatic carbocycles. The predicted molar refractivity (Wildman–Crippen MR) is 61.9 cm³/mol. The monoisotopic (exact) mass is 261 g/mol. The fraction of sp³-hybridized carbons (Fsp3) is 0.750. The first-order valence-electron chi connectivity index (χ1n) is 6.29. The Morgan fingerprint density at radius 2 is 2.00 bits per heavy atom. The second kappa shape index (κ2) is 5.30. The molecule has 3 nitrogen and oxygen atoms in total. The topological polar surface area (TPSA) is 40.7 Å². The summed E-state index contributed by atoms with van der Waals surface area (Å²) in [6.07, 6.45) is -0.715. The minimum Gasteiger partial charge on any atom is -0.306 e. The van der Waals surface area contributed by atoms with Crippen LogP contribution in [0.5, 0.6) is 0 Å². The number of hydrogen-bond donors (Lipinski definition) is 2. The summed E-state index contributed by atoms with van der Waals surface area (Å²) in [4.78, 5) is 0. The summed E-state index contributed by atoms with van der Waals surface area (Å²) in [7, 11) is 0. The molecule has 102 valence electrons. The lowest BCUT2D eigenvalue weighted by Crippen LogP contribution is -2.38. The Kier molecular flexibility index (Phi) is 3.94. The van der Waals surface area contributed by atoms with E-state index in [2.05, 4.69) is 15.5 Å². The molecule has 0 saturated heterocycles. The first-order chi connectivity index (χ1) is 8.47. The van der Waals surface area contributed by atoms with E-state index in [0.717, 1.165) is 5.69 Å². The zero-order valence-electron chi connectivity index (χ0n) is 10.3. The molecule has 0 amide bonds. The van der Waals surface area contributed by atoms with Crippen LogP contribution >= 0.6 is 0 Å². The molecule has 1 aliphatic carbocycles. The van der Waals surface area contributed by atoms with Gasteiger partial charge in [0.05, 0.1) is 11.6 Å². The van der Waals surface area contributed by atoms with Crippen molar-refractivity contribution in [2.24, 2.45) is 5.92 Å². The second-order valence-electron chi connectivity index (χ2n) is 4.99. The van der Waals surface area contributed by atoms with Gasteiger partial charge >= 0.3 is 6.18 Å². The Bertz CT molecular complexity index is 353. The lowest BCUT2D eigenvalue weighted by Gasteiger charge is -2.31. The molecule has 6 heteroatoms. The van der Waals surface area contributed by atoms with Crippen molar-refractivity contribution in [1.82, 2.24) is 15.5 Å². The van der Waals surface area contributed by atoms with E-state index >= 15 is 0 Å². The Labute approximate surface area is 104 Å². The lowest BCUT2D eigenvalue weighted by atomic mass is 9.85. The number of alkyl halides is 3. The summed E-state index contributed by atoms with van der Waals surface area (Å²) in [5.74, 6) is -1.11. The van der Waals surface area contributed by atoms with Crippen LogP contribution in [0.4, 0.5) is 13.2 Å². The summed E-state index contributed by atoms with van der Waals surface area (Å²) in [6, 6.07) is 2.14. The molecule has 1 aliphatic rings. The van der Waals surface area contributed by atoms with E-state index in [4.69, 9.17) is 0 Å². The van der Waals surface area contributed by atoms with Crippen LogP contribution in [0, 0.1) is 5.92 Å². The van der Waals surface area contributed by atoms with Gasteiger partial charge in [0.15, 0.2) is 0 Å². The number of rotatable bonds is 3. The molecule has 0 spiro atoms. The molecular weight excluding hydrogens is 243 g/mol. The molecule has 1 unspecified atom stereocenters. The van der Waals surface area contributed by atoms with Crippen molar-refractivity contribution in [3.8, 4) is 0 Å². The van der Waals surface area contributed by atoms with E-state index in [1.165, 1.54) is 0 Å². The second-order valence-corrected chi connectivity index (χ2v) is 4.99. The summed E-state index contributed by atoms with van der Waals surface area (Å²) < 4.78 is 37.6. The number of nitrogens with one attached hydrogen (secondary N) is 2. The molecule has 2 rings (SSSR count). The van der Waals surface area contributed by atoms with Crippen LogP contribution in [-0.4, -0.2) is 22.4 Å². The number of hydrogen-bond acceptors (Lipinski definition) is 2. The van der Waals surface area contributed by atoms with E-state index in [1.54, 1.807) is 6.20 Å². The molecule has 1 atom stereocenters. The zero-order chi connectivity index (χ0) is 13.2. The smallest absolute Gasteiger partial charge is 0.306 e. The maximum Gasteiger partial charge on any atom is 0.391 e. The van der Waals surface area contributed by atoms with Gasteiger partial charge in [-0.25, -0.2) is 0 Å². The SMILES string of the molecule is CC(NC1CCC(C(F)(F)F)CC1)c1ccn[nH]1. The van der Waals surface area contributed by atoms with E-state index < -0.39 is 12.1 Å². The Balaban J connectivity index is 1.80. The normalized spacial score (nSPS) is 27.1. The van der Waals surface area contributed by atoms with Crippen LogP contribution in [0.25, 0.3) is 0 Å². The highest BCUT2D eigenvalue weighted by Gasteiger charge is 2.41. The molecule has 0 aliphatic heterocycles. The molecule has 1 fully saturated rings. The average Bonchev–Trinajstić information content (AvgIpc) is 2.82. The van der Waals surface area contributed by atoms with Gasteiger partial charge in [-0.2, -0.15) is 18.3 Å². The summed E-state index contributed by atoms with van der Waals surface area (Å²) >= 11 is 0. The highest BCUT2D eigenvalue weighted by atomic mass is 19.4. The largest absolute Gasteiger partial charge is 0.391 e. The molecule has 18 heavy (non-hydrogen) atoms. The minimum atomic E-state index is -4.03. The summed E-state index contributed by atoms with van der Waals surface area (Å²) in [6.45, 7) is 1.99. The number of aromatic amines is 1. The Hall–Kier alpha value is -1.04. The third kappa shape index (κ3) is 3.25. The van der Waals surface area contributed by atoms with Crippen LogP contribution in [0.15, 0.2) is 12.3 Å². The van der Waals surface area contributed by atoms with Crippen LogP contribution in [0.2, 0.25) is 0 Å². The highest BCUT2D eigenvalue weighted by molar-refractivity contribution is 5.03. The third-order valence-electron chi connectivity index (χ3n) is 3.66. The van der Waals surface area contributed by atoms with Crippen molar-refractivity contribution in [3.05, 3.63) is 18.0 Å². The molecule has 2 N–H and O–H groups in total. The Morgan fingerprint density at radius 3 is 2.50 bits per heavy atom. The predicted octanol–water partition coefficient (Wildman–Crippen LogP) is 3.18. The van der Waals surface area contributed by atoms with Gasteiger partial charge in [0, 0.05) is 18.3 Å². The average molecular weight is 261 g/mol. The minimum absolute atomic E-state index is 0.0972. The van der Waals surface area contributed by atoms with Crippen molar-refractivity contribution in [2.75, 3.05) is 0 Å². The fourth-order valence-corrected chi connectivity index (χ4v) is 2.54. The van der Waals surface area contributed by atoms with Gasteiger partial charge < -0.3 is 5.32 Å². The van der Waals surface area contributed by atoms with Crippen LogP contribution in [0.3, 0.4) is 0 Å². The van der Waals surface area contributed by atoms with Crippen molar-refractivity contribution in [3.63, 3.8) is 0 Å². The van der Waals surface area contributed by atoms with Crippen molar-refractivity contribution >= 4 is 0 Å². The molecule has 1 aromatic heterocycles. The quantitative estimate of drug-likeness (QED) is 0.877. The molecule has 0 radical (unpaired) electrons. The molecule has 1 aromatic rings. The maximum atomic E-state index is 12.5. The van der Waals surface area contributed by atoms with Gasteiger partial charge in [-0.05, 0) is 38.7 Å². The molecule has 0 bridgehead atoms. The van der Waals surface area contributed by atoms with Crippen LogP contribution in [-0.2, 0) is 0 Å². The van der Waals surface area contributed by atoms with Crippen LogP contribution < -0.4 is 5.32 Å². The van der Waals surface area contributed by atoms with E-state index in [0.29, 0.717) is 12.8 Å². The molecular formula is C12H18F3N3. The Morgan fingerprint density at radius 1 is 1.33 bits per heavy atom. The van der Waals surface area contributed by atoms with Gasteiger partial charge in [0.25, 0.3) is 0 Å². The first-order valence-corrected chi connectivity index (χ1v) is 6.29. The van der Waals surface area contributed by atoms with Crippen molar-refractivity contribution in [1.29, 1.82) is 0 Å². The highest BCUT2D eigenvalue weighted by Crippen LogP contribution is 2.37. The number of nitrogens with zero attached hydrogens (tertiary/aromatic N) is 1. The van der Waals surface area contributed by atoms with Crippen molar-refractivity contribution < 1.29 is 13.2 Å². The van der Waals surface area contributed by atoms with Gasteiger partial charge in [-0.3, -0.25) is 5.10 Å². The van der Waals surface area contributed by atoms with Crippen LogP contribution in [0.1, 0.15) is 44.3 Å². The lowest BCUT2D eigenvalue weighted by molar-refractivity contribution is -0.182. The maximum absolute atomic E-state index is 12.5. The third-order valence-corrected chi connectivity index (χ3v) is 3.66. The standard InChI is InChI=1S/C12H18F3N3/c1-8(11-6-7-16-18-11)17-10-4-2-9(3-5-10)12(13,14)15/h6-10,17H,2-5H2,1H3,(H,16,18). The van der Waals surface area contributed by atoms with Gasteiger partial charge in [0.1, 0.15) is 0 Å². The molecule has 1 heterocycles. The fourth-order valence-electron chi connectivity index (χ4n) is 2.54. The summed E-state index contributed by atoms with van der Waals surface area (Å²) in [5, 5.41) is 10.1. The van der Waals surface area contributed by atoms with Crippen molar-refractivity contribution in [2.45, 2.75) is 50.9 Å². The number of aromatic nitrogens is 2. The van der Waals surface area contributed by atoms with E-state index in [1.807, 2.05) is 13.0 Å². The molecule has 1 saturated carbocycles.